The molecule has 6 nitrogen and oxygen atoms in total. The molecule has 0 unspecified atom stereocenters. The molecule has 0 saturated heterocycles. The predicted molar refractivity (Wildman–Crippen MR) is 68.0 cm³/mol. The van der Waals surface area contributed by atoms with Gasteiger partial charge in [-0.05, 0) is 19.4 Å². The van der Waals surface area contributed by atoms with Gasteiger partial charge in [0.25, 0.3) is 0 Å². The van der Waals surface area contributed by atoms with Gasteiger partial charge in [0.2, 0.25) is 15.9 Å². The molecular weight excluding hydrogens is 242 g/mol. The summed E-state index contributed by atoms with van der Waals surface area (Å²) in [5.74, 6) is -0.0298. The van der Waals surface area contributed by atoms with E-state index >= 15 is 0 Å². The Morgan fingerprint density at radius 2 is 2.00 bits per heavy atom. The summed E-state index contributed by atoms with van der Waals surface area (Å²) < 4.78 is 23.9. The number of nitrogens with two attached hydrogens (primary N) is 1. The molecule has 0 aliphatic heterocycles. The maximum absolute atomic E-state index is 11.3. The Labute approximate surface area is 104 Å². The van der Waals surface area contributed by atoms with Crippen LogP contribution in [0.1, 0.15) is 26.2 Å². The van der Waals surface area contributed by atoms with Gasteiger partial charge >= 0.3 is 0 Å². The van der Waals surface area contributed by atoms with Crippen LogP contribution in [0.2, 0.25) is 0 Å². The molecule has 0 heterocycles. The number of nitrogens with one attached hydrogen (secondary N) is 1. The molecule has 0 aliphatic carbocycles. The number of carbonyl (C=O) groups excluding carboxylic acids is 1. The second-order valence-corrected chi connectivity index (χ2v) is 5.83. The van der Waals surface area contributed by atoms with Crippen LogP contribution < -0.4 is 11.1 Å². The first-order valence-corrected chi connectivity index (χ1v) is 7.68. The number of amides is 1. The molecule has 0 radical (unpaired) electrons. The van der Waals surface area contributed by atoms with Crippen molar-refractivity contribution in [2.45, 2.75) is 26.2 Å². The fourth-order valence-corrected chi connectivity index (χ4v) is 2.32. The van der Waals surface area contributed by atoms with Crippen LogP contribution in [0.3, 0.4) is 0 Å². The van der Waals surface area contributed by atoms with Crippen LogP contribution in [0, 0.1) is 0 Å². The van der Waals surface area contributed by atoms with E-state index in [2.05, 4.69) is 5.32 Å². The van der Waals surface area contributed by atoms with E-state index < -0.39 is 10.0 Å². The minimum atomic E-state index is -3.13. The molecule has 0 fully saturated rings. The Balaban J connectivity index is 3.73. The van der Waals surface area contributed by atoms with Crippen LogP contribution in [0.5, 0.6) is 0 Å². The van der Waals surface area contributed by atoms with Crippen molar-refractivity contribution >= 4 is 15.9 Å². The van der Waals surface area contributed by atoms with Crippen molar-refractivity contribution in [3.8, 4) is 0 Å². The van der Waals surface area contributed by atoms with E-state index in [0.29, 0.717) is 45.4 Å². The molecule has 0 rings (SSSR count). The predicted octanol–water partition coefficient (Wildman–Crippen LogP) is -0.487. The lowest BCUT2D eigenvalue weighted by molar-refractivity contribution is -0.121. The van der Waals surface area contributed by atoms with Crippen molar-refractivity contribution in [3.05, 3.63) is 0 Å². The number of rotatable bonds is 9. The second kappa shape index (κ2) is 8.43. The fourth-order valence-electron chi connectivity index (χ4n) is 1.39. The highest BCUT2D eigenvalue weighted by Crippen LogP contribution is 1.98. The quantitative estimate of drug-likeness (QED) is 0.550. The fraction of sp³-hybridized carbons (Fsp3) is 0.900. The first-order chi connectivity index (χ1) is 7.91. The van der Waals surface area contributed by atoms with Crippen LogP contribution in [0.4, 0.5) is 0 Å². The highest BCUT2D eigenvalue weighted by atomic mass is 32.2. The van der Waals surface area contributed by atoms with Crippen LogP contribution in [-0.2, 0) is 14.8 Å². The van der Waals surface area contributed by atoms with Crippen LogP contribution >= 0.6 is 0 Å². The number of sulfonamides is 1. The van der Waals surface area contributed by atoms with Gasteiger partial charge in [0.1, 0.15) is 0 Å². The van der Waals surface area contributed by atoms with E-state index in [1.807, 2.05) is 0 Å². The minimum absolute atomic E-state index is 0.0298. The van der Waals surface area contributed by atoms with Crippen LogP contribution in [-0.4, -0.2) is 51.1 Å². The van der Waals surface area contributed by atoms with Crippen molar-refractivity contribution in [3.63, 3.8) is 0 Å². The standard InChI is InChI=1S/C10H23N3O3S/c1-3-13(17(2,15)16)9-5-8-12-10(14)6-4-7-11/h3-9,11H2,1-2H3,(H,12,14). The van der Waals surface area contributed by atoms with Gasteiger partial charge in [0.05, 0.1) is 6.26 Å². The van der Waals surface area contributed by atoms with E-state index in [-0.39, 0.29) is 5.91 Å². The summed E-state index contributed by atoms with van der Waals surface area (Å²) in [6, 6.07) is 0. The summed E-state index contributed by atoms with van der Waals surface area (Å²) in [5.41, 5.74) is 5.28. The van der Waals surface area contributed by atoms with Crippen molar-refractivity contribution in [1.29, 1.82) is 0 Å². The third-order valence-corrected chi connectivity index (χ3v) is 3.71. The van der Waals surface area contributed by atoms with Crippen LogP contribution in [0.15, 0.2) is 0 Å². The van der Waals surface area contributed by atoms with Crippen molar-refractivity contribution < 1.29 is 13.2 Å². The zero-order chi connectivity index (χ0) is 13.3. The zero-order valence-corrected chi connectivity index (χ0v) is 11.4. The van der Waals surface area contributed by atoms with E-state index in [1.165, 1.54) is 10.6 Å². The van der Waals surface area contributed by atoms with Gasteiger partial charge in [-0.15, -0.1) is 0 Å². The molecular formula is C10H23N3O3S. The molecule has 0 aromatic carbocycles. The molecule has 0 aromatic heterocycles. The van der Waals surface area contributed by atoms with E-state index in [4.69, 9.17) is 5.73 Å². The van der Waals surface area contributed by atoms with Gasteiger partial charge in [0.15, 0.2) is 0 Å². The average Bonchev–Trinajstić information content (AvgIpc) is 2.24. The summed E-state index contributed by atoms with van der Waals surface area (Å²) in [6.45, 7) is 3.69. The maximum atomic E-state index is 11.3. The second-order valence-electron chi connectivity index (χ2n) is 3.85. The van der Waals surface area contributed by atoms with Gasteiger partial charge in [-0.25, -0.2) is 12.7 Å². The molecule has 0 saturated carbocycles. The summed E-state index contributed by atoms with van der Waals surface area (Å²) in [7, 11) is -3.13. The zero-order valence-electron chi connectivity index (χ0n) is 10.6. The number of nitrogens with zero attached hydrogens (tertiary/aromatic N) is 1. The summed E-state index contributed by atoms with van der Waals surface area (Å²) in [4.78, 5) is 11.2. The van der Waals surface area contributed by atoms with Crippen LogP contribution in [0.25, 0.3) is 0 Å². The first-order valence-electron chi connectivity index (χ1n) is 5.83. The molecule has 3 N–H and O–H groups in total. The molecule has 0 bridgehead atoms. The number of carbonyl (C=O) groups is 1. The smallest absolute Gasteiger partial charge is 0.220 e. The Bertz CT molecular complexity index is 317. The third kappa shape index (κ3) is 8.12. The average molecular weight is 265 g/mol. The van der Waals surface area contributed by atoms with Gasteiger partial charge in [-0.1, -0.05) is 6.92 Å². The summed E-state index contributed by atoms with van der Waals surface area (Å²) in [5, 5.41) is 2.73. The minimum Gasteiger partial charge on any atom is -0.356 e. The lowest BCUT2D eigenvalue weighted by atomic mass is 10.3. The normalized spacial score (nSPS) is 11.8. The third-order valence-electron chi connectivity index (χ3n) is 2.34. The summed E-state index contributed by atoms with van der Waals surface area (Å²) >= 11 is 0. The van der Waals surface area contributed by atoms with E-state index in [0.717, 1.165) is 0 Å². The maximum Gasteiger partial charge on any atom is 0.220 e. The molecule has 0 atom stereocenters. The Morgan fingerprint density at radius 3 is 2.47 bits per heavy atom. The molecule has 17 heavy (non-hydrogen) atoms. The van der Waals surface area contributed by atoms with E-state index in [9.17, 15) is 13.2 Å². The summed E-state index contributed by atoms with van der Waals surface area (Å²) in [6.07, 6.45) is 2.92. The molecule has 102 valence electrons. The highest BCUT2D eigenvalue weighted by Gasteiger charge is 2.13. The molecule has 7 heteroatoms. The molecule has 0 spiro atoms. The number of hydrogen-bond donors (Lipinski definition) is 2. The lowest BCUT2D eigenvalue weighted by Gasteiger charge is -2.17. The lowest BCUT2D eigenvalue weighted by Crippen LogP contribution is -2.33. The largest absolute Gasteiger partial charge is 0.356 e. The van der Waals surface area contributed by atoms with Gasteiger partial charge in [-0.2, -0.15) is 0 Å². The van der Waals surface area contributed by atoms with Gasteiger partial charge in [0, 0.05) is 26.1 Å². The molecule has 0 aromatic rings. The Hall–Kier alpha value is -0.660. The topological polar surface area (TPSA) is 92.5 Å². The van der Waals surface area contributed by atoms with Crippen molar-refractivity contribution in [1.82, 2.24) is 9.62 Å². The van der Waals surface area contributed by atoms with E-state index in [1.54, 1.807) is 6.92 Å². The Kier molecular flexibility index (Phi) is 8.11. The molecule has 0 aliphatic rings. The first kappa shape index (κ1) is 16.3. The monoisotopic (exact) mass is 265 g/mol. The van der Waals surface area contributed by atoms with Gasteiger partial charge < -0.3 is 11.1 Å². The van der Waals surface area contributed by atoms with Crippen molar-refractivity contribution in [2.75, 3.05) is 32.4 Å². The number of hydrogen-bond acceptors (Lipinski definition) is 4. The SMILES string of the molecule is CCN(CCCNC(=O)CCCN)S(C)(=O)=O. The van der Waals surface area contributed by atoms with Crippen molar-refractivity contribution in [2.24, 2.45) is 5.73 Å². The highest BCUT2D eigenvalue weighted by molar-refractivity contribution is 7.88. The Morgan fingerprint density at radius 1 is 1.35 bits per heavy atom. The molecule has 1 amide bonds. The van der Waals surface area contributed by atoms with Gasteiger partial charge in [-0.3, -0.25) is 4.79 Å².